The van der Waals surface area contributed by atoms with Gasteiger partial charge in [-0.2, -0.15) is 0 Å². The van der Waals surface area contributed by atoms with E-state index < -0.39 is 11.6 Å². The van der Waals surface area contributed by atoms with E-state index in [-0.39, 0.29) is 25.2 Å². The number of nitrogens with zero attached hydrogens (tertiary/aromatic N) is 1. The van der Waals surface area contributed by atoms with Crippen molar-refractivity contribution in [3.8, 4) is 11.5 Å². The van der Waals surface area contributed by atoms with Crippen LogP contribution in [0.2, 0.25) is 5.02 Å². The van der Waals surface area contributed by atoms with Crippen LogP contribution in [-0.2, 0) is 9.53 Å². The molecule has 4 aromatic rings. The Morgan fingerprint density at radius 3 is 2.76 bits per heavy atom. The third-order valence-corrected chi connectivity index (χ3v) is 7.31. The highest BCUT2D eigenvalue weighted by molar-refractivity contribution is 6.31. The molecule has 10 heteroatoms. The van der Waals surface area contributed by atoms with Crippen LogP contribution < -0.4 is 15.4 Å². The van der Waals surface area contributed by atoms with Crippen LogP contribution >= 0.6 is 11.6 Å². The van der Waals surface area contributed by atoms with E-state index in [2.05, 4.69) is 20.6 Å². The number of ether oxygens (including phenoxy) is 2. The topological polar surface area (TPSA) is 129 Å². The molecule has 3 atom stereocenters. The number of carbonyl (C=O) groups is 1. The second-order valence-corrected chi connectivity index (χ2v) is 9.74. The number of aliphatic hydroxyl groups excluding tert-OH is 2. The normalized spacial score (nSPS) is 21.8. The number of aromatic amines is 1. The number of hydrogen-bond donors (Lipinski definition) is 5. The van der Waals surface area contributed by atoms with E-state index in [1.54, 1.807) is 30.6 Å². The Balaban J connectivity index is 1.34. The maximum atomic E-state index is 13.0. The molecule has 2 aromatic carbocycles. The van der Waals surface area contributed by atoms with Crippen LogP contribution in [0.3, 0.4) is 0 Å². The van der Waals surface area contributed by atoms with E-state index in [9.17, 15) is 15.0 Å². The van der Waals surface area contributed by atoms with Crippen molar-refractivity contribution >= 4 is 39.9 Å². The number of H-pyrrole nitrogens is 1. The van der Waals surface area contributed by atoms with Crippen LogP contribution in [0.4, 0.5) is 11.4 Å². The number of anilines is 2. The van der Waals surface area contributed by atoms with E-state index in [4.69, 9.17) is 21.1 Å². The first kappa shape index (κ1) is 23.7. The van der Waals surface area contributed by atoms with E-state index in [1.165, 1.54) is 0 Å². The maximum absolute atomic E-state index is 13.0. The third kappa shape index (κ3) is 4.19. The molecule has 190 valence electrons. The van der Waals surface area contributed by atoms with Crippen molar-refractivity contribution in [3.63, 3.8) is 0 Å². The quantitative estimate of drug-likeness (QED) is 0.264. The number of nitrogens with one attached hydrogen (secondary N) is 3. The molecule has 1 amide bonds. The predicted octanol–water partition coefficient (Wildman–Crippen LogP) is 4.36. The molecule has 9 nitrogen and oxygen atoms in total. The van der Waals surface area contributed by atoms with Crippen LogP contribution in [0.1, 0.15) is 30.1 Å². The van der Waals surface area contributed by atoms with E-state index >= 15 is 0 Å². The fourth-order valence-corrected chi connectivity index (χ4v) is 5.20. The van der Waals surface area contributed by atoms with Gasteiger partial charge in [-0.3, -0.25) is 4.79 Å². The molecule has 2 aliphatic rings. The summed E-state index contributed by atoms with van der Waals surface area (Å²) in [7, 11) is 0. The van der Waals surface area contributed by atoms with Gasteiger partial charge in [0.25, 0.3) is 5.91 Å². The molecular formula is C27H25ClN4O5. The van der Waals surface area contributed by atoms with Crippen molar-refractivity contribution in [2.45, 2.75) is 30.6 Å². The lowest BCUT2D eigenvalue weighted by Gasteiger charge is -2.42. The maximum Gasteiger partial charge on any atom is 0.252 e. The molecular weight excluding hydrogens is 496 g/mol. The first-order chi connectivity index (χ1) is 18.0. The number of carbonyl (C=O) groups excluding carboxylic acids is 1. The van der Waals surface area contributed by atoms with Gasteiger partial charge in [0, 0.05) is 17.3 Å². The number of fused-ring (bicyclic) bond motifs is 3. The summed E-state index contributed by atoms with van der Waals surface area (Å²) in [5.41, 5.74) is 1.78. The number of halogens is 1. The molecule has 1 fully saturated rings. The number of aromatic nitrogens is 2. The Morgan fingerprint density at radius 1 is 1.19 bits per heavy atom. The second-order valence-electron chi connectivity index (χ2n) is 9.33. The minimum atomic E-state index is -1.07. The molecule has 37 heavy (non-hydrogen) atoms. The van der Waals surface area contributed by atoms with Gasteiger partial charge in [0.05, 0.1) is 47.3 Å². The van der Waals surface area contributed by atoms with Crippen LogP contribution in [0.25, 0.3) is 11.0 Å². The highest BCUT2D eigenvalue weighted by Gasteiger charge is 2.46. The van der Waals surface area contributed by atoms with Crippen molar-refractivity contribution in [3.05, 3.63) is 77.1 Å². The average Bonchev–Trinajstić information content (AvgIpc) is 3.35. The lowest BCUT2D eigenvalue weighted by atomic mass is 9.86. The van der Waals surface area contributed by atoms with E-state index in [0.29, 0.717) is 62.9 Å². The monoisotopic (exact) mass is 520 g/mol. The Bertz CT molecular complexity index is 1470. The van der Waals surface area contributed by atoms with Gasteiger partial charge >= 0.3 is 0 Å². The largest absolute Gasteiger partial charge is 0.457 e. The molecule has 0 aliphatic carbocycles. The summed E-state index contributed by atoms with van der Waals surface area (Å²) in [4.78, 5) is 20.6. The van der Waals surface area contributed by atoms with Crippen molar-refractivity contribution in [1.82, 2.24) is 9.97 Å². The van der Waals surface area contributed by atoms with Gasteiger partial charge in [0.2, 0.25) is 0 Å². The van der Waals surface area contributed by atoms with Crippen LogP contribution in [-0.4, -0.2) is 50.9 Å². The number of amides is 1. The first-order valence-electron chi connectivity index (χ1n) is 12.0. The zero-order chi connectivity index (χ0) is 25.6. The minimum absolute atomic E-state index is 0.0907. The summed E-state index contributed by atoms with van der Waals surface area (Å²) in [5.74, 6) is 1.02. The number of pyridine rings is 1. The fraction of sp³-hybridized carbons (Fsp3) is 0.259. The average molecular weight is 521 g/mol. The molecule has 1 spiro atoms. The van der Waals surface area contributed by atoms with Gasteiger partial charge in [-0.15, -0.1) is 0 Å². The van der Waals surface area contributed by atoms with Crippen molar-refractivity contribution in [1.29, 1.82) is 0 Å². The van der Waals surface area contributed by atoms with Gasteiger partial charge in [0.1, 0.15) is 28.8 Å². The molecule has 2 aromatic heterocycles. The highest BCUT2D eigenvalue weighted by atomic mass is 35.5. The van der Waals surface area contributed by atoms with Crippen molar-refractivity contribution < 1.29 is 24.5 Å². The predicted molar refractivity (Wildman–Crippen MR) is 139 cm³/mol. The number of hydrogen-bond acceptors (Lipinski definition) is 7. The molecule has 6 rings (SSSR count). The number of rotatable bonds is 5. The Kier molecular flexibility index (Phi) is 6.00. The van der Waals surface area contributed by atoms with E-state index in [0.717, 1.165) is 0 Å². The van der Waals surface area contributed by atoms with Gasteiger partial charge in [-0.05, 0) is 37.1 Å². The molecule has 2 aliphatic heterocycles. The fourth-order valence-electron chi connectivity index (χ4n) is 4.93. The number of aliphatic hydroxyl groups is 2. The van der Waals surface area contributed by atoms with Gasteiger partial charge in [-0.1, -0.05) is 35.9 Å². The molecule has 0 bridgehead atoms. The molecule has 0 radical (unpaired) electrons. The summed E-state index contributed by atoms with van der Waals surface area (Å²) in [5, 5.41) is 28.2. The van der Waals surface area contributed by atoms with Crippen LogP contribution in [0.5, 0.6) is 11.5 Å². The lowest BCUT2D eigenvalue weighted by Crippen LogP contribution is -2.59. The second kappa shape index (κ2) is 9.35. The third-order valence-electron chi connectivity index (χ3n) is 6.98. The van der Waals surface area contributed by atoms with Gasteiger partial charge < -0.3 is 35.3 Å². The summed E-state index contributed by atoms with van der Waals surface area (Å²) in [6, 6.07) is 14.5. The Hall–Kier alpha value is -3.63. The zero-order valence-corrected chi connectivity index (χ0v) is 20.5. The summed E-state index contributed by atoms with van der Waals surface area (Å²) in [6.45, 7) is 0.0247. The number of benzene rings is 2. The van der Waals surface area contributed by atoms with Crippen molar-refractivity contribution in [2.75, 3.05) is 23.8 Å². The smallest absolute Gasteiger partial charge is 0.252 e. The van der Waals surface area contributed by atoms with Gasteiger partial charge in [0.15, 0.2) is 0 Å². The zero-order valence-electron chi connectivity index (χ0n) is 19.7. The standard InChI is InChI=1S/C27H25ClN4O5/c28-20-10-16(37-15-4-2-1-3-5-15)6-7-18(20)24(34)19-11-29-25-22(19)23-21(12-30-25)31-26(35)27(32-23)9-8-17(13-33)36-14-27/h1-7,10-12,17,24,32-34H,8-9,13-14H2,(H,29,30)(H,31,35)/t17-,24?,27+/m1/s1. The molecule has 4 heterocycles. The van der Waals surface area contributed by atoms with Crippen LogP contribution in [0, 0.1) is 0 Å². The summed E-state index contributed by atoms with van der Waals surface area (Å²) >= 11 is 6.59. The minimum Gasteiger partial charge on any atom is -0.457 e. The molecule has 1 unspecified atom stereocenters. The summed E-state index contributed by atoms with van der Waals surface area (Å²) < 4.78 is 11.6. The Labute approximate surface area is 217 Å². The Morgan fingerprint density at radius 2 is 2.03 bits per heavy atom. The lowest BCUT2D eigenvalue weighted by molar-refractivity contribution is -0.128. The van der Waals surface area contributed by atoms with Gasteiger partial charge in [-0.25, -0.2) is 4.98 Å². The molecule has 0 saturated carbocycles. The van der Waals surface area contributed by atoms with E-state index in [1.807, 2.05) is 30.3 Å². The SMILES string of the molecule is O=C1Nc2cnc3[nH]cc(C(O)c4ccc(Oc5ccccc5)cc4Cl)c3c2N[C@]12CC[C@H](CO)OC2. The highest BCUT2D eigenvalue weighted by Crippen LogP contribution is 2.43. The van der Waals surface area contributed by atoms with Crippen LogP contribution in [0.15, 0.2) is 60.9 Å². The number of para-hydroxylation sites is 1. The first-order valence-corrected chi connectivity index (χ1v) is 12.4. The molecule has 1 saturated heterocycles. The summed E-state index contributed by atoms with van der Waals surface area (Å²) in [6.07, 6.45) is 2.93. The van der Waals surface area contributed by atoms with Crippen molar-refractivity contribution in [2.24, 2.45) is 0 Å². The molecule has 5 N–H and O–H groups in total.